The molecule has 3 nitrogen and oxygen atoms in total. The van der Waals surface area contributed by atoms with Gasteiger partial charge in [0.15, 0.2) is 0 Å². The first kappa shape index (κ1) is 17.2. The van der Waals surface area contributed by atoms with Gasteiger partial charge in [0.05, 0.1) is 6.54 Å². The highest BCUT2D eigenvalue weighted by molar-refractivity contribution is 5.96. The van der Waals surface area contributed by atoms with Crippen molar-refractivity contribution in [3.05, 3.63) is 35.4 Å². The molecule has 0 aliphatic carbocycles. The number of hydrogen-bond acceptors (Lipinski definition) is 2. The van der Waals surface area contributed by atoms with E-state index in [2.05, 4.69) is 5.32 Å². The Hall–Kier alpha value is -1.20. The molecule has 2 heterocycles. The molecule has 0 atom stereocenters. The van der Waals surface area contributed by atoms with Gasteiger partial charge in [0.2, 0.25) is 0 Å². The quantitative estimate of drug-likeness (QED) is 0.904. The molecule has 0 bridgehead atoms. The molecule has 2 fully saturated rings. The van der Waals surface area contributed by atoms with Gasteiger partial charge in [0.1, 0.15) is 0 Å². The SMILES string of the molecule is Cl.O=C(c1ccccc1C1CCNCC1)N1CCC(F)(F)C1. The maximum absolute atomic E-state index is 13.3. The highest BCUT2D eigenvalue weighted by Crippen LogP contribution is 2.32. The van der Waals surface area contributed by atoms with Crippen LogP contribution in [-0.4, -0.2) is 42.9 Å². The number of alkyl halides is 2. The predicted octanol–water partition coefficient (Wildman–Crippen LogP) is 3.06. The van der Waals surface area contributed by atoms with Crippen LogP contribution in [0.1, 0.15) is 41.1 Å². The first-order chi connectivity index (χ1) is 10.1. The lowest BCUT2D eigenvalue weighted by molar-refractivity contribution is 0.0120. The van der Waals surface area contributed by atoms with Crippen LogP contribution in [0.15, 0.2) is 24.3 Å². The fraction of sp³-hybridized carbons (Fsp3) is 0.562. The smallest absolute Gasteiger partial charge is 0.267 e. The minimum atomic E-state index is -2.74. The summed E-state index contributed by atoms with van der Waals surface area (Å²) in [6.45, 7) is 1.57. The third-order valence-corrected chi connectivity index (χ3v) is 4.43. The lowest BCUT2D eigenvalue weighted by Crippen LogP contribution is -2.33. The molecule has 0 saturated carbocycles. The first-order valence-corrected chi connectivity index (χ1v) is 7.53. The summed E-state index contributed by atoms with van der Waals surface area (Å²) in [6.07, 6.45) is 1.75. The highest BCUT2D eigenvalue weighted by Gasteiger charge is 2.41. The summed E-state index contributed by atoms with van der Waals surface area (Å²) in [5, 5.41) is 3.30. The van der Waals surface area contributed by atoms with Crippen LogP contribution < -0.4 is 5.32 Å². The molecule has 0 aromatic heterocycles. The molecule has 2 aliphatic rings. The zero-order valence-corrected chi connectivity index (χ0v) is 13.2. The van der Waals surface area contributed by atoms with Crippen LogP contribution in [0.25, 0.3) is 0 Å². The molecule has 1 aromatic rings. The normalized spacial score (nSPS) is 21.5. The van der Waals surface area contributed by atoms with Crippen LogP contribution in [0.5, 0.6) is 0 Å². The molecule has 1 N–H and O–H groups in total. The van der Waals surface area contributed by atoms with Crippen LogP contribution >= 0.6 is 12.4 Å². The van der Waals surface area contributed by atoms with E-state index in [0.29, 0.717) is 11.5 Å². The van der Waals surface area contributed by atoms with E-state index in [-0.39, 0.29) is 31.3 Å². The van der Waals surface area contributed by atoms with Crippen LogP contribution in [0, 0.1) is 0 Å². The average molecular weight is 331 g/mol. The largest absolute Gasteiger partial charge is 0.332 e. The number of carbonyl (C=O) groups excluding carboxylic acids is 1. The highest BCUT2D eigenvalue weighted by atomic mass is 35.5. The van der Waals surface area contributed by atoms with Crippen molar-refractivity contribution in [3.8, 4) is 0 Å². The van der Waals surface area contributed by atoms with Crippen molar-refractivity contribution < 1.29 is 13.6 Å². The maximum Gasteiger partial charge on any atom is 0.267 e. The number of piperidine rings is 1. The Morgan fingerprint density at radius 2 is 1.91 bits per heavy atom. The van der Waals surface area contributed by atoms with Gasteiger partial charge in [-0.25, -0.2) is 8.78 Å². The van der Waals surface area contributed by atoms with E-state index >= 15 is 0 Å². The van der Waals surface area contributed by atoms with E-state index in [0.717, 1.165) is 31.5 Å². The lowest BCUT2D eigenvalue weighted by atomic mass is 9.87. The second kappa shape index (κ2) is 6.92. The second-order valence-corrected chi connectivity index (χ2v) is 5.94. The van der Waals surface area contributed by atoms with E-state index in [1.165, 1.54) is 4.90 Å². The van der Waals surface area contributed by atoms with E-state index in [1.807, 2.05) is 18.2 Å². The summed E-state index contributed by atoms with van der Waals surface area (Å²) < 4.78 is 26.6. The molecule has 2 aliphatic heterocycles. The Morgan fingerprint density at radius 1 is 1.23 bits per heavy atom. The fourth-order valence-corrected chi connectivity index (χ4v) is 3.26. The van der Waals surface area contributed by atoms with Gasteiger partial charge < -0.3 is 10.2 Å². The second-order valence-electron chi connectivity index (χ2n) is 5.94. The van der Waals surface area contributed by atoms with Crippen molar-refractivity contribution in [3.63, 3.8) is 0 Å². The zero-order valence-electron chi connectivity index (χ0n) is 12.4. The van der Waals surface area contributed by atoms with Crippen molar-refractivity contribution in [2.45, 2.75) is 31.1 Å². The Balaban J connectivity index is 0.00000176. The topological polar surface area (TPSA) is 32.3 Å². The molecule has 3 rings (SSSR count). The van der Waals surface area contributed by atoms with Crippen molar-refractivity contribution in [2.24, 2.45) is 0 Å². The summed E-state index contributed by atoms with van der Waals surface area (Å²) >= 11 is 0. The summed E-state index contributed by atoms with van der Waals surface area (Å²) in [4.78, 5) is 13.9. The van der Waals surface area contributed by atoms with Gasteiger partial charge in [-0.2, -0.15) is 0 Å². The molecule has 0 unspecified atom stereocenters. The van der Waals surface area contributed by atoms with Crippen molar-refractivity contribution in [1.82, 2.24) is 10.2 Å². The molecule has 6 heteroatoms. The molecule has 1 amide bonds. The number of likely N-dealkylation sites (tertiary alicyclic amines) is 1. The minimum Gasteiger partial charge on any atom is -0.332 e. The van der Waals surface area contributed by atoms with Crippen molar-refractivity contribution >= 4 is 18.3 Å². The van der Waals surface area contributed by atoms with Crippen LogP contribution in [0.4, 0.5) is 8.78 Å². The number of nitrogens with zero attached hydrogens (tertiary/aromatic N) is 1. The number of benzene rings is 1. The summed E-state index contributed by atoms with van der Waals surface area (Å²) in [5.74, 6) is -2.64. The van der Waals surface area contributed by atoms with E-state index in [9.17, 15) is 13.6 Å². The molecular formula is C16H21ClF2N2O. The number of halogens is 3. The van der Waals surface area contributed by atoms with Gasteiger partial charge in [-0.3, -0.25) is 4.79 Å². The Bertz CT molecular complexity index is 533. The van der Waals surface area contributed by atoms with Crippen LogP contribution in [0.3, 0.4) is 0 Å². The van der Waals surface area contributed by atoms with Gasteiger partial charge >= 0.3 is 0 Å². The minimum absolute atomic E-state index is 0. The third kappa shape index (κ3) is 3.58. The third-order valence-electron chi connectivity index (χ3n) is 4.43. The standard InChI is InChI=1S/C16H20F2N2O.ClH/c17-16(18)7-10-20(11-16)15(21)14-4-2-1-3-13(14)12-5-8-19-9-6-12;/h1-4,12,19H,5-11H2;1H. The molecule has 0 radical (unpaired) electrons. The van der Waals surface area contributed by atoms with Gasteiger partial charge in [0.25, 0.3) is 11.8 Å². The molecular weight excluding hydrogens is 310 g/mol. The predicted molar refractivity (Wildman–Crippen MR) is 84.0 cm³/mol. The Kier molecular flexibility index (Phi) is 5.40. The molecule has 122 valence electrons. The van der Waals surface area contributed by atoms with Gasteiger partial charge in [0, 0.05) is 18.5 Å². The van der Waals surface area contributed by atoms with E-state index in [1.54, 1.807) is 6.07 Å². The van der Waals surface area contributed by atoms with Gasteiger partial charge in [-0.05, 0) is 43.5 Å². The lowest BCUT2D eigenvalue weighted by Gasteiger charge is -2.26. The Morgan fingerprint density at radius 3 is 2.55 bits per heavy atom. The summed E-state index contributed by atoms with van der Waals surface area (Å²) in [6, 6.07) is 7.48. The molecule has 1 aromatic carbocycles. The number of amides is 1. The molecule has 0 spiro atoms. The average Bonchev–Trinajstić information content (AvgIpc) is 2.87. The van der Waals surface area contributed by atoms with Gasteiger partial charge in [-0.15, -0.1) is 12.4 Å². The fourth-order valence-electron chi connectivity index (χ4n) is 3.26. The zero-order chi connectivity index (χ0) is 14.9. The van der Waals surface area contributed by atoms with Crippen LogP contribution in [0.2, 0.25) is 0 Å². The van der Waals surface area contributed by atoms with Crippen molar-refractivity contribution in [1.29, 1.82) is 0 Å². The van der Waals surface area contributed by atoms with E-state index < -0.39 is 12.5 Å². The maximum atomic E-state index is 13.3. The number of rotatable bonds is 2. The number of carbonyl (C=O) groups is 1. The Labute approximate surface area is 135 Å². The summed E-state index contributed by atoms with van der Waals surface area (Å²) in [5.41, 5.74) is 1.61. The van der Waals surface area contributed by atoms with Gasteiger partial charge in [-0.1, -0.05) is 18.2 Å². The monoisotopic (exact) mass is 330 g/mol. The number of hydrogen-bond donors (Lipinski definition) is 1. The molecule has 22 heavy (non-hydrogen) atoms. The molecule has 2 saturated heterocycles. The first-order valence-electron chi connectivity index (χ1n) is 7.53. The van der Waals surface area contributed by atoms with Crippen molar-refractivity contribution in [2.75, 3.05) is 26.2 Å². The van der Waals surface area contributed by atoms with E-state index in [4.69, 9.17) is 0 Å². The van der Waals surface area contributed by atoms with Crippen LogP contribution in [-0.2, 0) is 0 Å². The summed E-state index contributed by atoms with van der Waals surface area (Å²) in [7, 11) is 0. The number of nitrogens with one attached hydrogen (secondary N) is 1.